The topological polar surface area (TPSA) is 55.4 Å². The van der Waals surface area contributed by atoms with Crippen molar-refractivity contribution in [1.82, 2.24) is 5.32 Å². The molecule has 0 aliphatic carbocycles. The Morgan fingerprint density at radius 2 is 1.74 bits per heavy atom. The van der Waals surface area contributed by atoms with Gasteiger partial charge in [-0.1, -0.05) is 30.3 Å². The number of nitrogens with one attached hydrogen (secondary N) is 1. The van der Waals surface area contributed by atoms with Gasteiger partial charge in [0, 0.05) is 11.4 Å². The summed E-state index contributed by atoms with van der Waals surface area (Å²) < 4.78 is 5.20. The van der Waals surface area contributed by atoms with E-state index in [2.05, 4.69) is 5.32 Å². The van der Waals surface area contributed by atoms with Crippen LogP contribution in [0.3, 0.4) is 0 Å². The normalized spacial score (nSPS) is 11.6. The van der Waals surface area contributed by atoms with E-state index in [9.17, 15) is 9.59 Å². The Labute approximate surface area is 140 Å². The molecule has 1 N–H and O–H groups in total. The molecule has 2 aromatic carbocycles. The van der Waals surface area contributed by atoms with E-state index in [0.717, 1.165) is 10.5 Å². The van der Waals surface area contributed by atoms with Crippen LogP contribution in [0.4, 0.5) is 0 Å². The smallest absolute Gasteiger partial charge is 0.338 e. The number of esters is 1. The first-order valence-corrected chi connectivity index (χ1v) is 8.49. The molecule has 0 fully saturated rings. The van der Waals surface area contributed by atoms with Gasteiger partial charge in [0.05, 0.1) is 5.56 Å². The van der Waals surface area contributed by atoms with Gasteiger partial charge in [0.2, 0.25) is 0 Å². The lowest BCUT2D eigenvalue weighted by atomic mass is 10.2. The molecule has 0 saturated heterocycles. The Morgan fingerprint density at radius 3 is 2.35 bits per heavy atom. The minimum atomic E-state index is -0.841. The second-order valence-electron chi connectivity index (χ2n) is 4.98. The van der Waals surface area contributed by atoms with Crippen molar-refractivity contribution in [2.75, 3.05) is 6.26 Å². The van der Waals surface area contributed by atoms with Crippen LogP contribution in [0.25, 0.3) is 0 Å². The third-order valence-electron chi connectivity index (χ3n) is 3.29. The first-order chi connectivity index (χ1) is 11.1. The SMILES string of the molecule is CSc1ccc(C(=O)O[C@H](C)C(=O)NCc2ccccc2)cc1. The van der Waals surface area contributed by atoms with Crippen molar-refractivity contribution in [2.24, 2.45) is 0 Å². The average molecular weight is 329 g/mol. The first-order valence-electron chi connectivity index (χ1n) is 7.27. The van der Waals surface area contributed by atoms with E-state index in [1.807, 2.05) is 48.7 Å². The van der Waals surface area contributed by atoms with Crippen LogP contribution in [0.5, 0.6) is 0 Å². The summed E-state index contributed by atoms with van der Waals surface area (Å²) in [5.74, 6) is -0.817. The van der Waals surface area contributed by atoms with Gasteiger partial charge in [0.15, 0.2) is 6.10 Å². The number of carbonyl (C=O) groups is 2. The predicted octanol–water partition coefficient (Wildman–Crippen LogP) is 3.27. The maximum absolute atomic E-state index is 12.0. The minimum absolute atomic E-state index is 0.317. The Morgan fingerprint density at radius 1 is 1.09 bits per heavy atom. The summed E-state index contributed by atoms with van der Waals surface area (Å²) in [5, 5.41) is 2.75. The molecule has 1 atom stereocenters. The number of ether oxygens (including phenoxy) is 1. The highest BCUT2D eigenvalue weighted by Gasteiger charge is 2.18. The lowest BCUT2D eigenvalue weighted by molar-refractivity contribution is -0.129. The number of benzene rings is 2. The molecule has 0 heterocycles. The molecule has 2 aromatic rings. The summed E-state index contributed by atoms with van der Waals surface area (Å²) in [6.45, 7) is 1.97. The van der Waals surface area contributed by atoms with Crippen molar-refractivity contribution < 1.29 is 14.3 Å². The van der Waals surface area contributed by atoms with Crippen molar-refractivity contribution in [2.45, 2.75) is 24.5 Å². The molecule has 4 nitrogen and oxygen atoms in total. The van der Waals surface area contributed by atoms with E-state index in [1.54, 1.807) is 30.8 Å². The van der Waals surface area contributed by atoms with Crippen LogP contribution < -0.4 is 5.32 Å². The fraction of sp³-hybridized carbons (Fsp3) is 0.222. The van der Waals surface area contributed by atoms with Crippen LogP contribution in [0.1, 0.15) is 22.8 Å². The molecule has 120 valence electrons. The summed E-state index contributed by atoms with van der Waals surface area (Å²) in [6.07, 6.45) is 1.12. The van der Waals surface area contributed by atoms with Crippen molar-refractivity contribution in [3.63, 3.8) is 0 Å². The van der Waals surface area contributed by atoms with Crippen LogP contribution in [-0.2, 0) is 16.1 Å². The predicted molar refractivity (Wildman–Crippen MR) is 91.4 cm³/mol. The summed E-state index contributed by atoms with van der Waals surface area (Å²) >= 11 is 1.60. The number of hydrogen-bond acceptors (Lipinski definition) is 4. The number of carbonyl (C=O) groups excluding carboxylic acids is 2. The monoisotopic (exact) mass is 329 g/mol. The Hall–Kier alpha value is -2.27. The van der Waals surface area contributed by atoms with Crippen LogP contribution in [-0.4, -0.2) is 24.2 Å². The van der Waals surface area contributed by atoms with Gasteiger partial charge in [-0.05, 0) is 43.0 Å². The molecule has 0 radical (unpaired) electrons. The highest BCUT2D eigenvalue weighted by molar-refractivity contribution is 7.98. The summed E-state index contributed by atoms with van der Waals surface area (Å²) in [4.78, 5) is 25.1. The molecule has 1 amide bonds. The highest BCUT2D eigenvalue weighted by atomic mass is 32.2. The van der Waals surface area contributed by atoms with Gasteiger partial charge < -0.3 is 10.1 Å². The second-order valence-corrected chi connectivity index (χ2v) is 5.86. The Bertz CT molecular complexity index is 656. The van der Waals surface area contributed by atoms with Crippen molar-refractivity contribution >= 4 is 23.6 Å². The molecule has 0 spiro atoms. The van der Waals surface area contributed by atoms with E-state index in [-0.39, 0.29) is 5.91 Å². The Balaban J connectivity index is 1.85. The summed E-state index contributed by atoms with van der Waals surface area (Å²) in [7, 11) is 0. The van der Waals surface area contributed by atoms with Crippen molar-refractivity contribution in [3.05, 3.63) is 65.7 Å². The van der Waals surface area contributed by atoms with E-state index < -0.39 is 12.1 Å². The van der Waals surface area contributed by atoms with Crippen molar-refractivity contribution in [1.29, 1.82) is 0 Å². The van der Waals surface area contributed by atoms with Gasteiger partial charge in [-0.3, -0.25) is 4.79 Å². The molecular formula is C18H19NO3S. The number of hydrogen-bond donors (Lipinski definition) is 1. The molecule has 0 unspecified atom stereocenters. The van der Waals surface area contributed by atoms with E-state index in [1.165, 1.54) is 0 Å². The molecule has 23 heavy (non-hydrogen) atoms. The fourth-order valence-corrected chi connectivity index (χ4v) is 2.35. The molecular weight excluding hydrogens is 310 g/mol. The van der Waals surface area contributed by atoms with Crippen molar-refractivity contribution in [3.8, 4) is 0 Å². The molecule has 0 aromatic heterocycles. The zero-order valence-electron chi connectivity index (χ0n) is 13.1. The quantitative estimate of drug-likeness (QED) is 0.653. The Kier molecular flexibility index (Phi) is 6.23. The van der Waals surface area contributed by atoms with E-state index in [0.29, 0.717) is 12.1 Å². The summed E-state index contributed by atoms with van der Waals surface area (Å²) in [6, 6.07) is 16.7. The number of amides is 1. The van der Waals surface area contributed by atoms with Crippen LogP contribution in [0.15, 0.2) is 59.5 Å². The molecule has 2 rings (SSSR count). The molecule has 0 bridgehead atoms. The number of thioether (sulfide) groups is 1. The van der Waals surface area contributed by atoms with Gasteiger partial charge in [0.25, 0.3) is 5.91 Å². The van der Waals surface area contributed by atoms with Crippen LogP contribution >= 0.6 is 11.8 Å². The molecule has 0 aliphatic heterocycles. The zero-order valence-corrected chi connectivity index (χ0v) is 13.9. The molecule has 0 aliphatic rings. The highest BCUT2D eigenvalue weighted by Crippen LogP contribution is 2.15. The number of rotatable bonds is 6. The minimum Gasteiger partial charge on any atom is -0.449 e. The van der Waals surface area contributed by atoms with Gasteiger partial charge in [-0.25, -0.2) is 4.79 Å². The third-order valence-corrected chi connectivity index (χ3v) is 4.03. The van der Waals surface area contributed by atoms with Crippen LogP contribution in [0, 0.1) is 0 Å². The third kappa shape index (κ3) is 5.14. The van der Waals surface area contributed by atoms with E-state index >= 15 is 0 Å². The first kappa shape index (κ1) is 17.1. The molecule has 0 saturated carbocycles. The van der Waals surface area contributed by atoms with Gasteiger partial charge in [-0.2, -0.15) is 0 Å². The average Bonchev–Trinajstić information content (AvgIpc) is 2.60. The fourth-order valence-electron chi connectivity index (χ4n) is 1.94. The largest absolute Gasteiger partial charge is 0.449 e. The zero-order chi connectivity index (χ0) is 16.7. The van der Waals surface area contributed by atoms with Gasteiger partial charge >= 0.3 is 5.97 Å². The lowest BCUT2D eigenvalue weighted by Gasteiger charge is -2.13. The standard InChI is InChI=1S/C18H19NO3S/c1-13(17(20)19-12-14-6-4-3-5-7-14)22-18(21)15-8-10-16(23-2)11-9-15/h3-11,13H,12H2,1-2H3,(H,19,20)/t13-/m1/s1. The van der Waals surface area contributed by atoms with Gasteiger partial charge in [0.1, 0.15) is 0 Å². The maximum atomic E-state index is 12.0. The summed E-state index contributed by atoms with van der Waals surface area (Å²) in [5.41, 5.74) is 1.43. The molecule has 5 heteroatoms. The second kappa shape index (κ2) is 8.39. The van der Waals surface area contributed by atoms with E-state index in [4.69, 9.17) is 4.74 Å². The lowest BCUT2D eigenvalue weighted by Crippen LogP contribution is -2.35. The maximum Gasteiger partial charge on any atom is 0.338 e. The van der Waals surface area contributed by atoms with Gasteiger partial charge in [-0.15, -0.1) is 11.8 Å². The van der Waals surface area contributed by atoms with Crippen LogP contribution in [0.2, 0.25) is 0 Å².